The molecule has 23 heavy (non-hydrogen) atoms. The Balaban J connectivity index is 1.72. The maximum atomic E-state index is 12.2. The van der Waals surface area contributed by atoms with Crippen LogP contribution in [0.3, 0.4) is 0 Å². The number of aliphatic carboxylic acids is 1. The van der Waals surface area contributed by atoms with Crippen molar-refractivity contribution in [1.82, 2.24) is 10.2 Å². The molecule has 7 heteroatoms. The largest absolute Gasteiger partial charge is 0.481 e. The van der Waals surface area contributed by atoms with Gasteiger partial charge in [-0.15, -0.1) is 0 Å². The molecule has 1 aromatic heterocycles. The number of hydrogen-bond donors (Lipinski definition) is 2. The first kappa shape index (κ1) is 17.5. The van der Waals surface area contributed by atoms with Crippen molar-refractivity contribution in [3.63, 3.8) is 0 Å². The van der Waals surface area contributed by atoms with Crippen LogP contribution in [0.5, 0.6) is 0 Å². The number of nitrogens with one attached hydrogen (secondary N) is 1. The van der Waals surface area contributed by atoms with Crippen molar-refractivity contribution in [2.75, 3.05) is 19.6 Å². The lowest BCUT2D eigenvalue weighted by Crippen LogP contribution is -2.48. The van der Waals surface area contributed by atoms with Crippen molar-refractivity contribution in [3.05, 3.63) is 22.4 Å². The third kappa shape index (κ3) is 4.54. The van der Waals surface area contributed by atoms with Crippen LogP contribution in [0.1, 0.15) is 43.0 Å². The molecule has 1 aliphatic rings. The number of carboxylic acid groups (broad SMARTS) is 1. The summed E-state index contributed by atoms with van der Waals surface area (Å²) in [5.41, 5.74) is -0.212. The fraction of sp³-hybridized carbons (Fsp3) is 0.562. The molecule has 1 aliphatic heterocycles. The lowest BCUT2D eigenvalue weighted by Gasteiger charge is -2.37. The maximum Gasteiger partial charge on any atom is 0.311 e. The quantitative estimate of drug-likeness (QED) is 0.777. The summed E-state index contributed by atoms with van der Waals surface area (Å²) in [4.78, 5) is 36.9. The molecule has 0 bridgehead atoms. The van der Waals surface area contributed by atoms with Gasteiger partial charge in [-0.05, 0) is 37.6 Å². The van der Waals surface area contributed by atoms with Gasteiger partial charge in [-0.2, -0.15) is 11.3 Å². The van der Waals surface area contributed by atoms with E-state index in [9.17, 15) is 19.5 Å². The van der Waals surface area contributed by atoms with Crippen LogP contribution in [0.25, 0.3) is 0 Å². The fourth-order valence-corrected chi connectivity index (χ4v) is 3.36. The molecule has 0 radical (unpaired) electrons. The van der Waals surface area contributed by atoms with Crippen LogP contribution in [0, 0.1) is 5.41 Å². The predicted octanol–water partition coefficient (Wildman–Crippen LogP) is 1.97. The number of hydrogen-bond acceptors (Lipinski definition) is 4. The second kappa shape index (κ2) is 7.59. The first-order valence-electron chi connectivity index (χ1n) is 7.74. The summed E-state index contributed by atoms with van der Waals surface area (Å²) >= 11 is 1.46. The highest BCUT2D eigenvalue weighted by Crippen LogP contribution is 2.30. The summed E-state index contributed by atoms with van der Waals surface area (Å²) in [5, 5.41) is 15.7. The molecule has 1 atom stereocenters. The van der Waals surface area contributed by atoms with Crippen LogP contribution >= 0.6 is 11.3 Å². The highest BCUT2D eigenvalue weighted by atomic mass is 32.1. The smallest absolute Gasteiger partial charge is 0.311 e. The second-order valence-electron chi connectivity index (χ2n) is 6.16. The number of nitrogens with zero attached hydrogens (tertiary/aromatic N) is 1. The minimum Gasteiger partial charge on any atom is -0.481 e. The van der Waals surface area contributed by atoms with Crippen LogP contribution in [0.4, 0.5) is 0 Å². The zero-order valence-electron chi connectivity index (χ0n) is 13.2. The van der Waals surface area contributed by atoms with Crippen LogP contribution < -0.4 is 5.32 Å². The van der Waals surface area contributed by atoms with Gasteiger partial charge in [-0.3, -0.25) is 14.4 Å². The Morgan fingerprint density at radius 2 is 2.22 bits per heavy atom. The average Bonchev–Trinajstić information content (AvgIpc) is 3.05. The van der Waals surface area contributed by atoms with Crippen LogP contribution in [-0.4, -0.2) is 47.4 Å². The highest BCUT2D eigenvalue weighted by molar-refractivity contribution is 7.08. The van der Waals surface area contributed by atoms with Crippen molar-refractivity contribution in [3.8, 4) is 0 Å². The summed E-state index contributed by atoms with van der Waals surface area (Å²) in [6.45, 7) is 3.01. The number of thiophene rings is 1. The maximum absolute atomic E-state index is 12.2. The number of carbonyl (C=O) groups is 3. The normalized spacial score (nSPS) is 21.0. The van der Waals surface area contributed by atoms with Crippen molar-refractivity contribution in [1.29, 1.82) is 0 Å². The third-order valence-corrected chi connectivity index (χ3v) is 4.89. The Labute approximate surface area is 139 Å². The Bertz CT molecular complexity index is 573. The van der Waals surface area contributed by atoms with E-state index in [0.29, 0.717) is 44.3 Å². The van der Waals surface area contributed by atoms with Crippen LogP contribution in [-0.2, 0) is 9.59 Å². The molecule has 1 unspecified atom stereocenters. The summed E-state index contributed by atoms with van der Waals surface area (Å²) in [7, 11) is 0. The zero-order valence-corrected chi connectivity index (χ0v) is 14.0. The molecular formula is C16H22N2O4S. The van der Waals surface area contributed by atoms with Gasteiger partial charge < -0.3 is 15.3 Å². The molecule has 0 aromatic carbocycles. The van der Waals surface area contributed by atoms with E-state index in [2.05, 4.69) is 5.32 Å². The monoisotopic (exact) mass is 338 g/mol. The average molecular weight is 338 g/mol. The molecule has 1 saturated heterocycles. The standard InChI is InChI=1S/C16H22N2O4S/c1-16(15(21)22)6-3-8-18(11-16)13(19)4-2-7-17-14(20)12-5-9-23-10-12/h5,9-10H,2-4,6-8,11H2,1H3,(H,17,20)(H,21,22). The molecule has 126 valence electrons. The van der Waals surface area contributed by atoms with Gasteiger partial charge in [0.1, 0.15) is 0 Å². The van der Waals surface area contributed by atoms with E-state index >= 15 is 0 Å². The first-order valence-corrected chi connectivity index (χ1v) is 8.68. The van der Waals surface area contributed by atoms with Crippen molar-refractivity contribution >= 4 is 29.1 Å². The van der Waals surface area contributed by atoms with Gasteiger partial charge in [0.25, 0.3) is 5.91 Å². The van der Waals surface area contributed by atoms with Gasteiger partial charge in [0.05, 0.1) is 5.41 Å². The van der Waals surface area contributed by atoms with Gasteiger partial charge in [0.2, 0.25) is 5.91 Å². The number of carboxylic acids is 1. The van der Waals surface area contributed by atoms with E-state index in [-0.39, 0.29) is 18.4 Å². The van der Waals surface area contributed by atoms with Gasteiger partial charge in [-0.25, -0.2) is 0 Å². The molecule has 6 nitrogen and oxygen atoms in total. The Hall–Kier alpha value is -1.89. The Morgan fingerprint density at radius 1 is 1.43 bits per heavy atom. The van der Waals surface area contributed by atoms with E-state index in [1.807, 2.05) is 5.38 Å². The minimum absolute atomic E-state index is 0.0399. The van der Waals surface area contributed by atoms with Gasteiger partial charge in [-0.1, -0.05) is 0 Å². The summed E-state index contributed by atoms with van der Waals surface area (Å²) in [6.07, 6.45) is 2.18. The van der Waals surface area contributed by atoms with Crippen molar-refractivity contribution in [2.45, 2.75) is 32.6 Å². The minimum atomic E-state index is -0.849. The summed E-state index contributed by atoms with van der Waals surface area (Å²) < 4.78 is 0. The van der Waals surface area contributed by atoms with Gasteiger partial charge >= 0.3 is 5.97 Å². The molecule has 0 aliphatic carbocycles. The zero-order chi connectivity index (χ0) is 16.9. The highest BCUT2D eigenvalue weighted by Gasteiger charge is 2.39. The topological polar surface area (TPSA) is 86.7 Å². The number of amides is 2. The second-order valence-corrected chi connectivity index (χ2v) is 6.94. The molecule has 0 spiro atoms. The molecular weight excluding hydrogens is 316 g/mol. The van der Waals surface area contributed by atoms with Crippen LogP contribution in [0.2, 0.25) is 0 Å². The number of carbonyl (C=O) groups excluding carboxylic acids is 2. The van der Waals surface area contributed by atoms with Crippen molar-refractivity contribution in [2.24, 2.45) is 5.41 Å². The van der Waals surface area contributed by atoms with Crippen molar-refractivity contribution < 1.29 is 19.5 Å². The van der Waals surface area contributed by atoms with E-state index in [1.54, 1.807) is 23.3 Å². The molecule has 2 heterocycles. The summed E-state index contributed by atoms with van der Waals surface area (Å²) in [6, 6.07) is 1.76. The fourth-order valence-electron chi connectivity index (χ4n) is 2.72. The Morgan fingerprint density at radius 3 is 2.87 bits per heavy atom. The van der Waals surface area contributed by atoms with E-state index in [4.69, 9.17) is 0 Å². The molecule has 2 rings (SSSR count). The number of piperidine rings is 1. The van der Waals surface area contributed by atoms with Gasteiger partial charge in [0, 0.05) is 37.0 Å². The van der Waals surface area contributed by atoms with E-state index < -0.39 is 11.4 Å². The van der Waals surface area contributed by atoms with Crippen LogP contribution in [0.15, 0.2) is 16.8 Å². The molecule has 2 amide bonds. The lowest BCUT2D eigenvalue weighted by molar-refractivity contribution is -0.153. The van der Waals surface area contributed by atoms with Gasteiger partial charge in [0.15, 0.2) is 0 Å². The van der Waals surface area contributed by atoms with E-state index in [1.165, 1.54) is 11.3 Å². The molecule has 2 N–H and O–H groups in total. The lowest BCUT2D eigenvalue weighted by atomic mass is 9.82. The molecule has 1 fully saturated rings. The summed E-state index contributed by atoms with van der Waals surface area (Å²) in [5.74, 6) is -1.02. The molecule has 1 aromatic rings. The van der Waals surface area contributed by atoms with E-state index in [0.717, 1.165) is 0 Å². The number of likely N-dealkylation sites (tertiary alicyclic amines) is 1. The molecule has 0 saturated carbocycles. The Kier molecular flexibility index (Phi) is 5.76. The SMILES string of the molecule is CC1(C(=O)O)CCCN(C(=O)CCCNC(=O)c2ccsc2)C1. The number of rotatable bonds is 6. The predicted molar refractivity (Wildman–Crippen MR) is 87.4 cm³/mol. The third-order valence-electron chi connectivity index (χ3n) is 4.20. The first-order chi connectivity index (χ1) is 10.9.